The lowest BCUT2D eigenvalue weighted by molar-refractivity contribution is -0.137. The average molecular weight is 260 g/mol. The second-order valence-electron chi connectivity index (χ2n) is 4.09. The number of carbonyl (C=O) groups excluding carboxylic acids is 1. The van der Waals surface area contributed by atoms with Crippen LogP contribution in [0.15, 0.2) is 0 Å². The number of nitrogens with one attached hydrogen (secondary N) is 1. The van der Waals surface area contributed by atoms with Crippen molar-refractivity contribution in [1.82, 2.24) is 10.2 Å². The molecule has 1 unspecified atom stereocenters. The Bertz CT molecular complexity index is 267. The van der Waals surface area contributed by atoms with Crippen LogP contribution in [0.5, 0.6) is 0 Å². The van der Waals surface area contributed by atoms with E-state index < -0.39 is 5.97 Å². The SMILES string of the molecule is CCN(CCC(=O)O)C(=O)NC1CCCSC1. The number of thioether (sulfide) groups is 1. The van der Waals surface area contributed by atoms with E-state index in [0.717, 1.165) is 18.6 Å². The highest BCUT2D eigenvalue weighted by Gasteiger charge is 2.19. The summed E-state index contributed by atoms with van der Waals surface area (Å²) in [5.41, 5.74) is 0. The van der Waals surface area contributed by atoms with Crippen LogP contribution in [-0.2, 0) is 4.79 Å². The topological polar surface area (TPSA) is 69.6 Å². The second kappa shape index (κ2) is 7.42. The first-order valence-electron chi connectivity index (χ1n) is 5.98. The van der Waals surface area contributed by atoms with Gasteiger partial charge in [-0.25, -0.2) is 4.79 Å². The summed E-state index contributed by atoms with van der Waals surface area (Å²) < 4.78 is 0. The molecular formula is C11H20N2O3S. The normalized spacial score (nSPS) is 19.7. The van der Waals surface area contributed by atoms with Crippen molar-refractivity contribution in [3.8, 4) is 0 Å². The minimum atomic E-state index is -0.871. The quantitative estimate of drug-likeness (QED) is 0.783. The van der Waals surface area contributed by atoms with E-state index in [2.05, 4.69) is 5.32 Å². The Kier molecular flexibility index (Phi) is 6.18. The molecule has 0 aromatic carbocycles. The lowest BCUT2D eigenvalue weighted by atomic mass is 10.2. The molecule has 1 rings (SSSR count). The van der Waals surface area contributed by atoms with E-state index in [1.807, 2.05) is 18.7 Å². The summed E-state index contributed by atoms with van der Waals surface area (Å²) in [6, 6.07) is 0.0985. The van der Waals surface area contributed by atoms with Gasteiger partial charge in [0.25, 0.3) is 0 Å². The van der Waals surface area contributed by atoms with Crippen LogP contribution in [0.4, 0.5) is 4.79 Å². The standard InChI is InChI=1S/C11H20N2O3S/c1-2-13(6-5-10(14)15)11(16)12-9-4-3-7-17-8-9/h9H,2-8H2,1H3,(H,12,16)(H,14,15). The molecule has 0 radical (unpaired) electrons. The molecule has 1 saturated heterocycles. The molecule has 0 bridgehead atoms. The first-order chi connectivity index (χ1) is 8.13. The third kappa shape index (κ3) is 5.30. The molecule has 1 heterocycles. The zero-order valence-corrected chi connectivity index (χ0v) is 11.0. The molecule has 2 N–H and O–H groups in total. The number of rotatable bonds is 5. The van der Waals surface area contributed by atoms with Crippen molar-refractivity contribution in [2.75, 3.05) is 24.6 Å². The molecule has 1 fully saturated rings. The fourth-order valence-electron chi connectivity index (χ4n) is 1.75. The Balaban J connectivity index is 2.34. The van der Waals surface area contributed by atoms with Gasteiger partial charge in [0.15, 0.2) is 0 Å². The van der Waals surface area contributed by atoms with Crippen LogP contribution in [0.25, 0.3) is 0 Å². The molecule has 0 aromatic rings. The molecule has 6 heteroatoms. The fraction of sp³-hybridized carbons (Fsp3) is 0.818. The summed E-state index contributed by atoms with van der Waals surface area (Å²) >= 11 is 1.86. The second-order valence-corrected chi connectivity index (χ2v) is 5.24. The first-order valence-corrected chi connectivity index (χ1v) is 7.14. The van der Waals surface area contributed by atoms with E-state index in [1.54, 1.807) is 4.90 Å². The van der Waals surface area contributed by atoms with Crippen molar-refractivity contribution in [3.63, 3.8) is 0 Å². The highest BCUT2D eigenvalue weighted by atomic mass is 32.2. The van der Waals surface area contributed by atoms with Crippen molar-refractivity contribution in [3.05, 3.63) is 0 Å². The summed E-state index contributed by atoms with van der Waals surface area (Å²) in [4.78, 5) is 23.9. The third-order valence-electron chi connectivity index (χ3n) is 2.75. The molecule has 0 saturated carbocycles. The van der Waals surface area contributed by atoms with Gasteiger partial charge in [0, 0.05) is 24.9 Å². The number of hydrogen-bond donors (Lipinski definition) is 2. The van der Waals surface area contributed by atoms with Crippen molar-refractivity contribution in [2.24, 2.45) is 0 Å². The third-order valence-corrected chi connectivity index (χ3v) is 3.97. The summed E-state index contributed by atoms with van der Waals surface area (Å²) in [5.74, 6) is 1.26. The Morgan fingerprint density at radius 3 is 2.82 bits per heavy atom. The van der Waals surface area contributed by atoms with Crippen LogP contribution in [0.2, 0.25) is 0 Å². The maximum Gasteiger partial charge on any atom is 0.317 e. The molecule has 1 aliphatic heterocycles. The van der Waals surface area contributed by atoms with Gasteiger partial charge in [-0.15, -0.1) is 0 Å². The monoisotopic (exact) mass is 260 g/mol. The van der Waals surface area contributed by atoms with Crippen LogP contribution >= 0.6 is 11.8 Å². The van der Waals surface area contributed by atoms with Crippen LogP contribution < -0.4 is 5.32 Å². The van der Waals surface area contributed by atoms with Gasteiger partial charge < -0.3 is 15.3 Å². The molecule has 0 spiro atoms. The van der Waals surface area contributed by atoms with Crippen LogP contribution in [0.1, 0.15) is 26.2 Å². The Morgan fingerprint density at radius 2 is 2.29 bits per heavy atom. The molecule has 2 amide bonds. The maximum absolute atomic E-state index is 11.9. The van der Waals surface area contributed by atoms with E-state index in [4.69, 9.17) is 5.11 Å². The number of hydrogen-bond acceptors (Lipinski definition) is 3. The maximum atomic E-state index is 11.9. The van der Waals surface area contributed by atoms with Gasteiger partial charge in [-0.1, -0.05) is 0 Å². The predicted octanol–water partition coefficient (Wildman–Crippen LogP) is 1.39. The van der Waals surface area contributed by atoms with E-state index in [1.165, 1.54) is 5.75 Å². The molecular weight excluding hydrogens is 240 g/mol. The average Bonchev–Trinajstić information content (AvgIpc) is 2.30. The summed E-state index contributed by atoms with van der Waals surface area (Å²) in [7, 11) is 0. The fourth-order valence-corrected chi connectivity index (χ4v) is 2.83. The van der Waals surface area contributed by atoms with Crippen molar-refractivity contribution >= 4 is 23.8 Å². The highest BCUT2D eigenvalue weighted by Crippen LogP contribution is 2.17. The van der Waals surface area contributed by atoms with Crippen LogP contribution in [0.3, 0.4) is 0 Å². The molecule has 0 aliphatic carbocycles. The first kappa shape index (κ1) is 14.2. The molecule has 98 valence electrons. The molecule has 17 heavy (non-hydrogen) atoms. The van der Waals surface area contributed by atoms with Gasteiger partial charge >= 0.3 is 12.0 Å². The highest BCUT2D eigenvalue weighted by molar-refractivity contribution is 7.99. The lowest BCUT2D eigenvalue weighted by Crippen LogP contribution is -2.47. The van der Waals surface area contributed by atoms with Gasteiger partial charge in [0.2, 0.25) is 0 Å². The zero-order valence-electron chi connectivity index (χ0n) is 10.1. The van der Waals surface area contributed by atoms with Crippen LogP contribution in [-0.4, -0.2) is 52.6 Å². The number of amides is 2. The smallest absolute Gasteiger partial charge is 0.317 e. The molecule has 5 nitrogen and oxygen atoms in total. The summed E-state index contributed by atoms with van der Waals surface area (Å²) in [6.07, 6.45) is 2.16. The van der Waals surface area contributed by atoms with E-state index >= 15 is 0 Å². The zero-order chi connectivity index (χ0) is 12.7. The largest absolute Gasteiger partial charge is 0.481 e. The van der Waals surface area contributed by atoms with E-state index in [0.29, 0.717) is 6.54 Å². The molecule has 0 aromatic heterocycles. The summed E-state index contributed by atoms with van der Waals surface area (Å²) in [5, 5.41) is 11.6. The van der Waals surface area contributed by atoms with E-state index in [-0.39, 0.29) is 25.0 Å². The van der Waals surface area contributed by atoms with Crippen molar-refractivity contribution in [1.29, 1.82) is 0 Å². The van der Waals surface area contributed by atoms with Gasteiger partial charge in [0.1, 0.15) is 0 Å². The van der Waals surface area contributed by atoms with E-state index in [9.17, 15) is 9.59 Å². The number of nitrogens with zero attached hydrogens (tertiary/aromatic N) is 1. The molecule has 1 aliphatic rings. The Morgan fingerprint density at radius 1 is 1.53 bits per heavy atom. The Labute approximate surface area is 106 Å². The minimum Gasteiger partial charge on any atom is -0.481 e. The summed E-state index contributed by atoms with van der Waals surface area (Å²) in [6.45, 7) is 2.67. The number of carbonyl (C=O) groups is 2. The number of carboxylic acids is 1. The Hall–Kier alpha value is -0.910. The number of aliphatic carboxylic acids is 1. The van der Waals surface area contributed by atoms with Gasteiger partial charge in [-0.05, 0) is 25.5 Å². The predicted molar refractivity (Wildman–Crippen MR) is 68.4 cm³/mol. The van der Waals surface area contributed by atoms with Crippen molar-refractivity contribution < 1.29 is 14.7 Å². The molecule has 1 atom stereocenters. The van der Waals surface area contributed by atoms with Crippen molar-refractivity contribution in [2.45, 2.75) is 32.2 Å². The van der Waals surface area contributed by atoms with Gasteiger partial charge in [0.05, 0.1) is 6.42 Å². The van der Waals surface area contributed by atoms with Crippen LogP contribution in [0, 0.1) is 0 Å². The number of carboxylic acid groups (broad SMARTS) is 1. The van der Waals surface area contributed by atoms with Gasteiger partial charge in [-0.2, -0.15) is 11.8 Å². The lowest BCUT2D eigenvalue weighted by Gasteiger charge is -2.27. The number of urea groups is 1. The minimum absolute atomic E-state index is 0.000671. The van der Waals surface area contributed by atoms with Gasteiger partial charge in [-0.3, -0.25) is 4.79 Å².